The molecule has 0 radical (unpaired) electrons. The lowest BCUT2D eigenvalue weighted by atomic mass is 9.94. The molecule has 3 rings (SSSR count). The average molecular weight is 368 g/mol. The maximum Gasteiger partial charge on any atom is 0.230 e. The van der Waals surface area contributed by atoms with Gasteiger partial charge in [-0.05, 0) is 41.1 Å². The van der Waals surface area contributed by atoms with Crippen molar-refractivity contribution in [2.45, 2.75) is 36.5 Å². The largest absolute Gasteiger partial charge is 0.378 e. The molecule has 0 aliphatic heterocycles. The number of carbonyl (C=O) groups excluding carboxylic acids is 1. The van der Waals surface area contributed by atoms with Crippen LogP contribution in [0.25, 0.3) is 0 Å². The molecule has 2 heterocycles. The highest BCUT2D eigenvalue weighted by Gasteiger charge is 2.33. The molecule has 0 bridgehead atoms. The molecular formula is C17H21NO2S3. The van der Waals surface area contributed by atoms with Gasteiger partial charge >= 0.3 is 0 Å². The van der Waals surface area contributed by atoms with Crippen molar-refractivity contribution in [2.75, 3.05) is 12.3 Å². The second kappa shape index (κ2) is 7.83. The maximum absolute atomic E-state index is 12.1. The Morgan fingerprint density at radius 2 is 2.17 bits per heavy atom. The van der Waals surface area contributed by atoms with E-state index in [2.05, 4.69) is 5.32 Å². The number of hydrogen-bond donors (Lipinski definition) is 2. The molecule has 1 aliphatic rings. The summed E-state index contributed by atoms with van der Waals surface area (Å²) in [5.41, 5.74) is -0.296. The quantitative estimate of drug-likeness (QED) is 0.782. The van der Waals surface area contributed by atoms with Crippen LogP contribution in [0.15, 0.2) is 34.3 Å². The zero-order valence-electron chi connectivity index (χ0n) is 12.9. The molecule has 0 unspecified atom stereocenters. The summed E-state index contributed by atoms with van der Waals surface area (Å²) in [6.07, 6.45) is 5.03. The van der Waals surface area contributed by atoms with Gasteiger partial charge in [0.2, 0.25) is 5.91 Å². The van der Waals surface area contributed by atoms with E-state index < -0.39 is 5.60 Å². The highest BCUT2D eigenvalue weighted by Crippen LogP contribution is 2.34. The van der Waals surface area contributed by atoms with Crippen LogP contribution in [-0.4, -0.2) is 28.6 Å². The monoisotopic (exact) mass is 367 g/mol. The van der Waals surface area contributed by atoms with E-state index in [0.717, 1.165) is 10.4 Å². The minimum atomic E-state index is -1.14. The lowest BCUT2D eigenvalue weighted by Gasteiger charge is -2.27. The van der Waals surface area contributed by atoms with Crippen molar-refractivity contribution in [3.8, 4) is 0 Å². The predicted molar refractivity (Wildman–Crippen MR) is 99.4 cm³/mol. The van der Waals surface area contributed by atoms with Crippen LogP contribution < -0.4 is 5.32 Å². The van der Waals surface area contributed by atoms with E-state index in [1.165, 1.54) is 37.0 Å². The van der Waals surface area contributed by atoms with Crippen LogP contribution >= 0.6 is 34.4 Å². The third kappa shape index (κ3) is 4.18. The predicted octanol–water partition coefficient (Wildman–Crippen LogP) is 3.84. The second-order valence-corrected chi connectivity index (χ2v) is 8.86. The Hall–Kier alpha value is -0.820. The molecular weight excluding hydrogens is 346 g/mol. The standard InChI is InChI=1S/C17H21NO2S3/c19-16(11-23-14-4-1-2-5-14)18-12-17(20,13-7-9-21-10-13)15-6-3-8-22-15/h3,6-10,14,20H,1-2,4-5,11-12H2,(H,18,19)/t17-/m0/s1. The highest BCUT2D eigenvalue weighted by molar-refractivity contribution is 8.00. The van der Waals surface area contributed by atoms with Crippen LogP contribution in [0.1, 0.15) is 36.1 Å². The fourth-order valence-corrected chi connectivity index (χ4v) is 5.60. The molecule has 2 aromatic rings. The molecule has 1 fully saturated rings. The van der Waals surface area contributed by atoms with Gasteiger partial charge in [0.15, 0.2) is 0 Å². The molecule has 3 nitrogen and oxygen atoms in total. The van der Waals surface area contributed by atoms with Crippen LogP contribution in [0.5, 0.6) is 0 Å². The number of rotatable bonds is 7. The van der Waals surface area contributed by atoms with Crippen molar-refractivity contribution in [2.24, 2.45) is 0 Å². The number of carbonyl (C=O) groups is 1. The van der Waals surface area contributed by atoms with Crippen molar-refractivity contribution in [1.29, 1.82) is 0 Å². The highest BCUT2D eigenvalue weighted by atomic mass is 32.2. The van der Waals surface area contributed by atoms with Gasteiger partial charge in [0.05, 0.1) is 12.3 Å². The molecule has 1 amide bonds. The van der Waals surface area contributed by atoms with E-state index in [9.17, 15) is 9.90 Å². The normalized spacial score (nSPS) is 18.0. The Morgan fingerprint density at radius 1 is 1.35 bits per heavy atom. The Bertz CT molecular complexity index is 570. The summed E-state index contributed by atoms with van der Waals surface area (Å²) in [6.45, 7) is 0.217. The average Bonchev–Trinajstić information content (AvgIpc) is 3.33. The van der Waals surface area contributed by atoms with Gasteiger partial charge in [-0.2, -0.15) is 11.3 Å². The summed E-state index contributed by atoms with van der Waals surface area (Å²) in [5, 5.41) is 20.6. The number of aliphatic hydroxyl groups is 1. The van der Waals surface area contributed by atoms with Crippen molar-refractivity contribution < 1.29 is 9.90 Å². The zero-order valence-corrected chi connectivity index (χ0v) is 15.3. The molecule has 124 valence electrons. The zero-order chi connectivity index (χ0) is 16.1. The number of nitrogens with one attached hydrogen (secondary N) is 1. The topological polar surface area (TPSA) is 49.3 Å². The van der Waals surface area contributed by atoms with E-state index in [4.69, 9.17) is 0 Å². The van der Waals surface area contributed by atoms with Gasteiger partial charge in [-0.1, -0.05) is 18.9 Å². The second-order valence-electron chi connectivity index (χ2n) is 5.84. The van der Waals surface area contributed by atoms with Gasteiger partial charge in [-0.3, -0.25) is 4.79 Å². The first kappa shape index (κ1) is 17.0. The molecule has 1 aliphatic carbocycles. The Kier molecular flexibility index (Phi) is 5.80. The Balaban J connectivity index is 1.60. The number of amides is 1. The minimum absolute atomic E-state index is 0.00658. The SMILES string of the molecule is O=C(CSC1CCCC1)NC[C@](O)(c1ccsc1)c1cccs1. The van der Waals surface area contributed by atoms with Gasteiger partial charge in [0.25, 0.3) is 0 Å². The smallest absolute Gasteiger partial charge is 0.230 e. The van der Waals surface area contributed by atoms with Crippen LogP contribution in [0.3, 0.4) is 0 Å². The van der Waals surface area contributed by atoms with Crippen LogP contribution in [-0.2, 0) is 10.4 Å². The van der Waals surface area contributed by atoms with Gasteiger partial charge in [0, 0.05) is 15.7 Å². The fraction of sp³-hybridized carbons (Fsp3) is 0.471. The van der Waals surface area contributed by atoms with E-state index in [1.807, 2.05) is 34.3 Å². The third-order valence-corrected chi connectivity index (χ3v) is 7.30. The molecule has 0 saturated heterocycles. The van der Waals surface area contributed by atoms with E-state index in [0.29, 0.717) is 11.0 Å². The molecule has 23 heavy (non-hydrogen) atoms. The summed E-state index contributed by atoms with van der Waals surface area (Å²) < 4.78 is 0. The molecule has 2 aromatic heterocycles. The van der Waals surface area contributed by atoms with Crippen molar-refractivity contribution in [3.63, 3.8) is 0 Å². The van der Waals surface area contributed by atoms with E-state index in [1.54, 1.807) is 23.1 Å². The first-order valence-electron chi connectivity index (χ1n) is 7.86. The van der Waals surface area contributed by atoms with Crippen LogP contribution in [0, 0.1) is 0 Å². The first-order chi connectivity index (χ1) is 11.2. The van der Waals surface area contributed by atoms with Crippen LogP contribution in [0.2, 0.25) is 0 Å². The Labute approximate surface area is 149 Å². The Morgan fingerprint density at radius 3 is 2.83 bits per heavy atom. The fourth-order valence-electron chi connectivity index (χ4n) is 2.87. The summed E-state index contributed by atoms with van der Waals surface area (Å²) in [7, 11) is 0. The lowest BCUT2D eigenvalue weighted by molar-refractivity contribution is -0.119. The van der Waals surface area contributed by atoms with Gasteiger partial charge in [0.1, 0.15) is 5.60 Å². The van der Waals surface area contributed by atoms with E-state index >= 15 is 0 Å². The minimum Gasteiger partial charge on any atom is -0.378 e. The number of thiophene rings is 2. The van der Waals surface area contributed by atoms with Crippen LogP contribution in [0.4, 0.5) is 0 Å². The first-order valence-corrected chi connectivity index (χ1v) is 10.7. The summed E-state index contributed by atoms with van der Waals surface area (Å²) in [5.74, 6) is 0.488. The molecule has 1 saturated carbocycles. The van der Waals surface area contributed by atoms with E-state index in [-0.39, 0.29) is 12.5 Å². The summed E-state index contributed by atoms with van der Waals surface area (Å²) in [4.78, 5) is 13.0. The molecule has 2 N–H and O–H groups in total. The molecule has 0 spiro atoms. The van der Waals surface area contributed by atoms with Crippen molar-refractivity contribution >= 4 is 40.3 Å². The summed E-state index contributed by atoms with van der Waals surface area (Å²) in [6, 6.07) is 5.76. The van der Waals surface area contributed by atoms with Gasteiger partial charge in [-0.15, -0.1) is 23.1 Å². The van der Waals surface area contributed by atoms with Crippen molar-refractivity contribution in [1.82, 2.24) is 5.32 Å². The van der Waals surface area contributed by atoms with Gasteiger partial charge < -0.3 is 10.4 Å². The van der Waals surface area contributed by atoms with Crippen molar-refractivity contribution in [3.05, 3.63) is 44.8 Å². The lowest BCUT2D eigenvalue weighted by Crippen LogP contribution is -2.41. The molecule has 0 aromatic carbocycles. The summed E-state index contributed by atoms with van der Waals surface area (Å²) >= 11 is 4.81. The molecule has 6 heteroatoms. The van der Waals surface area contributed by atoms with Gasteiger partial charge in [-0.25, -0.2) is 0 Å². The maximum atomic E-state index is 12.1. The number of hydrogen-bond acceptors (Lipinski definition) is 5. The third-order valence-electron chi connectivity index (χ3n) is 4.22. The number of thioether (sulfide) groups is 1. The molecule has 1 atom stereocenters.